The van der Waals surface area contributed by atoms with E-state index < -0.39 is 4.92 Å². The van der Waals surface area contributed by atoms with Gasteiger partial charge in [-0.1, -0.05) is 28.1 Å². The summed E-state index contributed by atoms with van der Waals surface area (Å²) < 4.78 is 0.917. The van der Waals surface area contributed by atoms with E-state index in [1.165, 1.54) is 6.07 Å². The van der Waals surface area contributed by atoms with Gasteiger partial charge in [0.05, 0.1) is 4.92 Å². The van der Waals surface area contributed by atoms with Crippen LogP contribution >= 0.6 is 27.7 Å². The highest BCUT2D eigenvalue weighted by Gasteiger charge is 2.31. The summed E-state index contributed by atoms with van der Waals surface area (Å²) in [7, 11) is 0. The van der Waals surface area contributed by atoms with Crippen molar-refractivity contribution in [3.63, 3.8) is 0 Å². The lowest BCUT2D eigenvalue weighted by Crippen LogP contribution is -2.30. The molecule has 1 unspecified atom stereocenters. The molecule has 1 atom stereocenters. The zero-order chi connectivity index (χ0) is 16.4. The molecule has 1 saturated heterocycles. The third-order valence-electron chi connectivity index (χ3n) is 3.61. The second-order valence-corrected chi connectivity index (χ2v) is 7.18. The van der Waals surface area contributed by atoms with Crippen molar-refractivity contribution in [3.8, 4) is 0 Å². The summed E-state index contributed by atoms with van der Waals surface area (Å²) in [5.41, 5.74) is 1.45. The Labute approximate surface area is 146 Å². The van der Waals surface area contributed by atoms with Crippen LogP contribution in [0.15, 0.2) is 53.0 Å². The van der Waals surface area contributed by atoms with Gasteiger partial charge < -0.3 is 4.90 Å². The third kappa shape index (κ3) is 3.40. The van der Waals surface area contributed by atoms with Gasteiger partial charge in [-0.2, -0.15) is 0 Å². The van der Waals surface area contributed by atoms with Crippen LogP contribution in [0.2, 0.25) is 0 Å². The fourth-order valence-corrected chi connectivity index (χ4v) is 4.01. The Morgan fingerprint density at radius 1 is 1.26 bits per heavy atom. The molecule has 0 aliphatic carbocycles. The van der Waals surface area contributed by atoms with Crippen LogP contribution in [0.4, 0.5) is 5.69 Å². The molecule has 1 aliphatic heterocycles. The number of non-ortho nitro benzene ring substituents is 1. The number of nitrogens with zero attached hydrogens (tertiary/aromatic N) is 2. The van der Waals surface area contributed by atoms with E-state index in [1.807, 2.05) is 18.2 Å². The van der Waals surface area contributed by atoms with Crippen LogP contribution in [0, 0.1) is 10.1 Å². The van der Waals surface area contributed by atoms with Gasteiger partial charge in [0.2, 0.25) is 0 Å². The van der Waals surface area contributed by atoms with Crippen molar-refractivity contribution in [3.05, 3.63) is 74.2 Å². The molecule has 118 valence electrons. The number of benzene rings is 2. The molecule has 0 saturated carbocycles. The lowest BCUT2D eigenvalue weighted by Gasteiger charge is -2.24. The average Bonchev–Trinajstić information content (AvgIpc) is 3.04. The summed E-state index contributed by atoms with van der Waals surface area (Å²) in [5, 5.41) is 10.8. The molecular formula is C16H13BrN2O3S. The fourth-order valence-electron chi connectivity index (χ4n) is 2.50. The first kappa shape index (κ1) is 16.0. The topological polar surface area (TPSA) is 63.5 Å². The van der Waals surface area contributed by atoms with Gasteiger partial charge in [-0.25, -0.2) is 0 Å². The molecule has 1 heterocycles. The molecule has 0 spiro atoms. The molecule has 1 aliphatic rings. The molecule has 0 N–H and O–H groups in total. The first-order valence-electron chi connectivity index (χ1n) is 6.99. The Hall–Kier alpha value is -1.86. The number of nitro benzene ring substituents is 1. The predicted molar refractivity (Wildman–Crippen MR) is 93.5 cm³/mol. The van der Waals surface area contributed by atoms with Gasteiger partial charge in [-0.05, 0) is 29.8 Å². The maximum absolute atomic E-state index is 12.7. The highest BCUT2D eigenvalue weighted by atomic mass is 79.9. The van der Waals surface area contributed by atoms with Crippen LogP contribution in [0.25, 0.3) is 0 Å². The van der Waals surface area contributed by atoms with E-state index in [0.29, 0.717) is 12.1 Å². The molecule has 1 fully saturated rings. The van der Waals surface area contributed by atoms with E-state index in [0.717, 1.165) is 15.8 Å². The van der Waals surface area contributed by atoms with Crippen molar-refractivity contribution in [1.82, 2.24) is 4.90 Å². The minimum atomic E-state index is -0.413. The van der Waals surface area contributed by atoms with Crippen molar-refractivity contribution in [2.24, 2.45) is 0 Å². The normalized spacial score (nSPS) is 17.3. The SMILES string of the molecule is O=C(c1ccc(Br)cc1)N1CCSC1c1cccc([N+](=O)[O-])c1. The summed E-state index contributed by atoms with van der Waals surface area (Å²) in [6.45, 7) is 0.632. The van der Waals surface area contributed by atoms with Crippen molar-refractivity contribution in [2.75, 3.05) is 12.3 Å². The van der Waals surface area contributed by atoms with Gasteiger partial charge in [0, 0.05) is 34.5 Å². The number of carbonyl (C=O) groups is 1. The number of hydrogen-bond acceptors (Lipinski definition) is 4. The van der Waals surface area contributed by atoms with Crippen LogP contribution in [0.1, 0.15) is 21.3 Å². The fraction of sp³-hybridized carbons (Fsp3) is 0.188. The van der Waals surface area contributed by atoms with E-state index in [4.69, 9.17) is 0 Å². The number of halogens is 1. The number of amides is 1. The molecular weight excluding hydrogens is 380 g/mol. The number of hydrogen-bond donors (Lipinski definition) is 0. The summed E-state index contributed by atoms with van der Waals surface area (Å²) in [6.07, 6.45) is 0. The van der Waals surface area contributed by atoms with Crippen LogP contribution in [-0.2, 0) is 0 Å². The van der Waals surface area contributed by atoms with E-state index in [-0.39, 0.29) is 17.0 Å². The molecule has 0 bridgehead atoms. The quantitative estimate of drug-likeness (QED) is 0.578. The first-order valence-corrected chi connectivity index (χ1v) is 8.83. The Bertz CT molecular complexity index is 751. The predicted octanol–water partition coefficient (Wildman–Crippen LogP) is 4.25. The molecule has 1 amide bonds. The summed E-state index contributed by atoms with van der Waals surface area (Å²) in [6, 6.07) is 13.7. The number of thioether (sulfide) groups is 1. The van der Waals surface area contributed by atoms with Crippen LogP contribution in [0.5, 0.6) is 0 Å². The van der Waals surface area contributed by atoms with Gasteiger partial charge in [0.1, 0.15) is 5.37 Å². The Balaban J connectivity index is 1.88. The minimum absolute atomic E-state index is 0.0473. The molecule has 23 heavy (non-hydrogen) atoms. The van der Waals surface area contributed by atoms with Gasteiger partial charge in [0.25, 0.3) is 11.6 Å². The maximum Gasteiger partial charge on any atom is 0.269 e. The molecule has 2 aromatic rings. The highest BCUT2D eigenvalue weighted by Crippen LogP contribution is 2.39. The Kier molecular flexibility index (Phi) is 4.68. The van der Waals surface area contributed by atoms with Crippen LogP contribution in [0.3, 0.4) is 0 Å². The monoisotopic (exact) mass is 392 g/mol. The van der Waals surface area contributed by atoms with E-state index in [2.05, 4.69) is 15.9 Å². The smallest absolute Gasteiger partial charge is 0.269 e. The Morgan fingerprint density at radius 2 is 2.00 bits per heavy atom. The van der Waals surface area contributed by atoms with E-state index >= 15 is 0 Å². The third-order valence-corrected chi connectivity index (χ3v) is 5.40. The number of nitro groups is 1. The summed E-state index contributed by atoms with van der Waals surface area (Å²) in [4.78, 5) is 25.0. The minimum Gasteiger partial charge on any atom is -0.322 e. The van der Waals surface area contributed by atoms with Gasteiger partial charge in [-0.3, -0.25) is 14.9 Å². The van der Waals surface area contributed by atoms with E-state index in [1.54, 1.807) is 40.9 Å². The number of rotatable bonds is 3. The second-order valence-electron chi connectivity index (χ2n) is 5.08. The largest absolute Gasteiger partial charge is 0.322 e. The van der Waals surface area contributed by atoms with E-state index in [9.17, 15) is 14.9 Å². The van der Waals surface area contributed by atoms with Crippen LogP contribution in [-0.4, -0.2) is 28.0 Å². The lowest BCUT2D eigenvalue weighted by atomic mass is 10.1. The molecule has 0 radical (unpaired) electrons. The van der Waals surface area contributed by atoms with Gasteiger partial charge >= 0.3 is 0 Å². The van der Waals surface area contributed by atoms with Crippen molar-refractivity contribution >= 4 is 39.3 Å². The lowest BCUT2D eigenvalue weighted by molar-refractivity contribution is -0.384. The molecule has 5 nitrogen and oxygen atoms in total. The van der Waals surface area contributed by atoms with Crippen LogP contribution < -0.4 is 0 Å². The summed E-state index contributed by atoms with van der Waals surface area (Å²) in [5.74, 6) is 0.759. The van der Waals surface area contributed by atoms with Gasteiger partial charge in [0.15, 0.2) is 0 Å². The average molecular weight is 393 g/mol. The van der Waals surface area contributed by atoms with Crippen molar-refractivity contribution in [2.45, 2.75) is 5.37 Å². The van der Waals surface area contributed by atoms with Crippen molar-refractivity contribution in [1.29, 1.82) is 0 Å². The van der Waals surface area contributed by atoms with Crippen molar-refractivity contribution < 1.29 is 9.72 Å². The number of carbonyl (C=O) groups excluding carboxylic acids is 1. The Morgan fingerprint density at radius 3 is 2.70 bits per heavy atom. The zero-order valence-electron chi connectivity index (χ0n) is 12.0. The zero-order valence-corrected chi connectivity index (χ0v) is 14.4. The molecule has 7 heteroatoms. The second kappa shape index (κ2) is 6.72. The highest BCUT2D eigenvalue weighted by molar-refractivity contribution is 9.10. The molecule has 2 aromatic carbocycles. The molecule has 3 rings (SSSR count). The summed E-state index contributed by atoms with van der Waals surface area (Å²) >= 11 is 4.98. The molecule has 0 aromatic heterocycles. The first-order chi connectivity index (χ1) is 11.1. The maximum atomic E-state index is 12.7. The van der Waals surface area contributed by atoms with Gasteiger partial charge in [-0.15, -0.1) is 11.8 Å². The standard InChI is InChI=1S/C16H13BrN2O3S/c17-13-6-4-11(5-7-13)15(20)18-8-9-23-16(18)12-2-1-3-14(10-12)19(21)22/h1-7,10,16H,8-9H2.